The molecule has 0 amide bonds. The minimum Gasteiger partial charge on any atom is -0.455 e. The molecule has 0 saturated carbocycles. The van der Waals surface area contributed by atoms with Crippen molar-refractivity contribution in [1.82, 2.24) is 0 Å². The molecule has 0 aliphatic rings. The van der Waals surface area contributed by atoms with Crippen LogP contribution in [-0.4, -0.2) is 0 Å². The van der Waals surface area contributed by atoms with Gasteiger partial charge in [-0.1, -0.05) is 170 Å². The van der Waals surface area contributed by atoms with Gasteiger partial charge in [0.1, 0.15) is 11.2 Å². The topological polar surface area (TPSA) is 16.4 Å². The number of benzene rings is 10. The number of hydrogen-bond donors (Lipinski definition) is 0. The van der Waals surface area contributed by atoms with Gasteiger partial charge in [-0.25, -0.2) is 0 Å². The summed E-state index contributed by atoms with van der Waals surface area (Å²) in [5.74, 6) is 0. The summed E-state index contributed by atoms with van der Waals surface area (Å²) in [5.41, 5.74) is 14.3. The van der Waals surface area contributed by atoms with E-state index in [2.05, 4.69) is 229 Å². The van der Waals surface area contributed by atoms with E-state index in [1.165, 1.54) is 54.9 Å². The van der Waals surface area contributed by atoms with Crippen LogP contribution in [0.15, 0.2) is 229 Å². The van der Waals surface area contributed by atoms with Gasteiger partial charge < -0.3 is 9.32 Å². The van der Waals surface area contributed by atoms with Crippen molar-refractivity contribution in [3.63, 3.8) is 0 Å². The van der Waals surface area contributed by atoms with Crippen LogP contribution < -0.4 is 4.90 Å². The van der Waals surface area contributed by atoms with Crippen molar-refractivity contribution in [2.45, 2.75) is 0 Å². The lowest BCUT2D eigenvalue weighted by Crippen LogP contribution is -2.10. The van der Waals surface area contributed by atoms with Crippen LogP contribution in [0.2, 0.25) is 0 Å². The summed E-state index contributed by atoms with van der Waals surface area (Å²) in [4.78, 5) is 2.38. The maximum absolute atomic E-state index is 6.86. The molecule has 0 spiro atoms. The number of hydrogen-bond acceptors (Lipinski definition) is 2. The summed E-state index contributed by atoms with van der Waals surface area (Å²) in [5, 5.41) is 7.05. The van der Waals surface area contributed by atoms with Crippen LogP contribution in [-0.2, 0) is 0 Å². The predicted molar refractivity (Wildman–Crippen MR) is 245 cm³/mol. The average Bonchev–Trinajstić information content (AvgIpc) is 3.70. The predicted octanol–water partition coefficient (Wildman–Crippen LogP) is 16.0. The van der Waals surface area contributed by atoms with E-state index in [-0.39, 0.29) is 0 Å². The molecule has 10 aromatic carbocycles. The fourth-order valence-corrected chi connectivity index (χ4v) is 8.58. The number of rotatable bonds is 7. The van der Waals surface area contributed by atoms with Crippen LogP contribution in [0.4, 0.5) is 17.1 Å². The lowest BCUT2D eigenvalue weighted by atomic mass is 9.95. The van der Waals surface area contributed by atoms with E-state index < -0.39 is 0 Å². The van der Waals surface area contributed by atoms with Crippen LogP contribution in [0, 0.1) is 0 Å². The van der Waals surface area contributed by atoms with Crippen molar-refractivity contribution >= 4 is 60.5 Å². The highest BCUT2D eigenvalue weighted by Gasteiger charge is 2.23. The van der Waals surface area contributed by atoms with Gasteiger partial charge in [-0.15, -0.1) is 0 Å². The highest BCUT2D eigenvalue weighted by Crippen LogP contribution is 2.47. The molecular formula is C56H37NO. The molecule has 11 rings (SSSR count). The van der Waals surface area contributed by atoms with Crippen molar-refractivity contribution in [3.05, 3.63) is 224 Å². The normalized spacial score (nSPS) is 11.4. The molecule has 2 heteroatoms. The number of fused-ring (bicyclic) bond motifs is 5. The summed E-state index contributed by atoms with van der Waals surface area (Å²) >= 11 is 0. The Morgan fingerprint density at radius 1 is 0.310 bits per heavy atom. The Bertz CT molecular complexity index is 3260. The molecule has 272 valence electrons. The first-order chi connectivity index (χ1) is 28.7. The van der Waals surface area contributed by atoms with E-state index in [9.17, 15) is 0 Å². The second kappa shape index (κ2) is 14.1. The molecule has 2 nitrogen and oxygen atoms in total. The first-order valence-electron chi connectivity index (χ1n) is 19.8. The molecule has 11 aromatic rings. The van der Waals surface area contributed by atoms with Crippen molar-refractivity contribution in [2.24, 2.45) is 0 Å². The molecule has 0 fully saturated rings. The van der Waals surface area contributed by atoms with Crippen LogP contribution >= 0.6 is 0 Å². The van der Waals surface area contributed by atoms with Crippen molar-refractivity contribution < 1.29 is 4.42 Å². The molecule has 1 aromatic heterocycles. The van der Waals surface area contributed by atoms with Crippen LogP contribution in [0.5, 0.6) is 0 Å². The van der Waals surface area contributed by atoms with Gasteiger partial charge in [0.25, 0.3) is 0 Å². The Kier molecular flexibility index (Phi) is 8.19. The Labute approximate surface area is 337 Å². The standard InChI is InChI=1S/C56H37NO/c1-2-12-38(13-3-1)44-18-10-19-45(36-44)40-26-30-47(31-27-40)57(48-32-28-41(29-33-48)46-25-24-39-14-4-5-16-43(39)37-46)53-35-34-51(50-22-11-17-42-15-6-7-20-49(42)50)56-55(53)52-21-8-9-23-54(52)58-56/h1-37H. The molecule has 0 aliphatic heterocycles. The van der Waals surface area contributed by atoms with Gasteiger partial charge in [0.2, 0.25) is 0 Å². The number of para-hydroxylation sites is 1. The average molecular weight is 740 g/mol. The SMILES string of the molecule is c1ccc(-c2cccc(-c3ccc(N(c4ccc(-c5ccc6ccccc6c5)cc4)c4ccc(-c5cccc6ccccc56)c5oc6ccccc6c45)cc3)c2)cc1. The van der Waals surface area contributed by atoms with Gasteiger partial charge in [0.15, 0.2) is 0 Å². The molecule has 0 aliphatic carbocycles. The first-order valence-corrected chi connectivity index (χ1v) is 19.8. The van der Waals surface area contributed by atoms with Crippen LogP contribution in [0.25, 0.3) is 88.0 Å². The molecule has 0 unspecified atom stereocenters. The Morgan fingerprint density at radius 3 is 1.59 bits per heavy atom. The Hall–Kier alpha value is -7.68. The summed E-state index contributed by atoms with van der Waals surface area (Å²) in [6, 6.07) is 80.6. The Morgan fingerprint density at radius 2 is 0.845 bits per heavy atom. The molecule has 58 heavy (non-hydrogen) atoms. The molecule has 0 atom stereocenters. The quantitative estimate of drug-likeness (QED) is 0.162. The fraction of sp³-hybridized carbons (Fsp3) is 0. The van der Waals surface area contributed by atoms with E-state index in [1.807, 2.05) is 0 Å². The van der Waals surface area contributed by atoms with Crippen LogP contribution in [0.1, 0.15) is 0 Å². The van der Waals surface area contributed by atoms with Crippen molar-refractivity contribution in [2.75, 3.05) is 4.90 Å². The summed E-state index contributed by atoms with van der Waals surface area (Å²) in [6.45, 7) is 0. The lowest BCUT2D eigenvalue weighted by molar-refractivity contribution is 0.670. The first kappa shape index (κ1) is 33.6. The molecule has 0 bridgehead atoms. The third-order valence-electron chi connectivity index (χ3n) is 11.5. The van der Waals surface area contributed by atoms with E-state index in [0.29, 0.717) is 0 Å². The third-order valence-corrected chi connectivity index (χ3v) is 11.5. The molecule has 0 N–H and O–H groups in total. The highest BCUT2D eigenvalue weighted by molar-refractivity contribution is 6.18. The molecule has 1 heterocycles. The maximum atomic E-state index is 6.86. The van der Waals surface area contributed by atoms with E-state index in [4.69, 9.17) is 4.42 Å². The fourth-order valence-electron chi connectivity index (χ4n) is 8.58. The van der Waals surface area contributed by atoms with Gasteiger partial charge in [-0.2, -0.15) is 0 Å². The minimum atomic E-state index is 0.867. The summed E-state index contributed by atoms with van der Waals surface area (Å²) in [6.07, 6.45) is 0. The van der Waals surface area contributed by atoms with E-state index in [1.54, 1.807) is 0 Å². The molecule has 0 saturated heterocycles. The van der Waals surface area contributed by atoms with Crippen molar-refractivity contribution in [1.29, 1.82) is 0 Å². The van der Waals surface area contributed by atoms with E-state index in [0.717, 1.165) is 50.1 Å². The highest BCUT2D eigenvalue weighted by atomic mass is 16.3. The largest absolute Gasteiger partial charge is 0.455 e. The second-order valence-corrected chi connectivity index (χ2v) is 14.9. The number of anilines is 3. The number of nitrogens with zero attached hydrogens (tertiary/aromatic N) is 1. The summed E-state index contributed by atoms with van der Waals surface area (Å²) < 4.78 is 6.86. The van der Waals surface area contributed by atoms with Gasteiger partial charge in [0, 0.05) is 22.3 Å². The zero-order valence-corrected chi connectivity index (χ0v) is 31.7. The summed E-state index contributed by atoms with van der Waals surface area (Å²) in [7, 11) is 0. The number of furan rings is 1. The second-order valence-electron chi connectivity index (χ2n) is 14.9. The van der Waals surface area contributed by atoms with Crippen LogP contribution in [0.3, 0.4) is 0 Å². The van der Waals surface area contributed by atoms with E-state index >= 15 is 0 Å². The molecule has 0 radical (unpaired) electrons. The zero-order valence-electron chi connectivity index (χ0n) is 31.7. The monoisotopic (exact) mass is 739 g/mol. The van der Waals surface area contributed by atoms with Crippen molar-refractivity contribution in [3.8, 4) is 44.5 Å². The van der Waals surface area contributed by atoms with Gasteiger partial charge >= 0.3 is 0 Å². The lowest BCUT2D eigenvalue weighted by Gasteiger charge is -2.27. The smallest absolute Gasteiger partial charge is 0.145 e. The zero-order chi connectivity index (χ0) is 38.4. The van der Waals surface area contributed by atoms with Gasteiger partial charge in [-0.3, -0.25) is 0 Å². The maximum Gasteiger partial charge on any atom is 0.145 e. The third kappa shape index (κ3) is 5.91. The Balaban J connectivity index is 1.08. The van der Waals surface area contributed by atoms with Gasteiger partial charge in [-0.05, 0) is 115 Å². The molecular weight excluding hydrogens is 703 g/mol. The minimum absolute atomic E-state index is 0.867. The van der Waals surface area contributed by atoms with Gasteiger partial charge in [0.05, 0.1) is 11.1 Å².